The van der Waals surface area contributed by atoms with Gasteiger partial charge in [0, 0.05) is 17.5 Å². The van der Waals surface area contributed by atoms with Crippen LogP contribution in [-0.2, 0) is 29.1 Å². The van der Waals surface area contributed by atoms with Crippen molar-refractivity contribution in [2.75, 3.05) is 13.1 Å². The smallest absolute Gasteiger partial charge is 0.227 e. The van der Waals surface area contributed by atoms with Crippen molar-refractivity contribution in [1.82, 2.24) is 14.5 Å². The van der Waals surface area contributed by atoms with Gasteiger partial charge in [0.1, 0.15) is 18.0 Å². The minimum Gasteiger partial charge on any atom is -0.363 e. The molecule has 0 radical (unpaired) electrons. The summed E-state index contributed by atoms with van der Waals surface area (Å²) >= 11 is 3.33. The first kappa shape index (κ1) is 16.2. The lowest BCUT2D eigenvalue weighted by molar-refractivity contribution is -0.132. The SMILES string of the molecule is O=C(Cc1ccsc1)N1CCC2(C1)Cn1c(-c3ccsc3)cnc1CO2. The molecule has 3 aromatic rings. The molecule has 1 amide bonds. The zero-order valence-electron chi connectivity index (χ0n) is 14.3. The Morgan fingerprint density at radius 2 is 2.12 bits per heavy atom. The highest BCUT2D eigenvalue weighted by atomic mass is 32.1. The van der Waals surface area contributed by atoms with Crippen LogP contribution in [0, 0.1) is 0 Å². The van der Waals surface area contributed by atoms with E-state index in [2.05, 4.69) is 26.4 Å². The fourth-order valence-corrected chi connectivity index (χ4v) is 5.20. The second kappa shape index (κ2) is 6.33. The van der Waals surface area contributed by atoms with Crippen molar-refractivity contribution >= 4 is 28.6 Å². The summed E-state index contributed by atoms with van der Waals surface area (Å²) in [5.41, 5.74) is 3.16. The molecule has 0 aliphatic carbocycles. The number of carbonyl (C=O) groups excluding carboxylic acids is 1. The molecule has 1 atom stereocenters. The normalized spacial score (nSPS) is 22.1. The Balaban J connectivity index is 1.34. The number of ether oxygens (including phenoxy) is 1. The topological polar surface area (TPSA) is 47.4 Å². The van der Waals surface area contributed by atoms with Gasteiger partial charge in [0.15, 0.2) is 0 Å². The molecule has 1 fully saturated rings. The zero-order chi connectivity index (χ0) is 17.6. The fraction of sp³-hybridized carbons (Fsp3) is 0.368. The number of hydrogen-bond donors (Lipinski definition) is 0. The third kappa shape index (κ3) is 2.80. The average Bonchev–Trinajstić information content (AvgIpc) is 3.42. The number of amides is 1. The molecule has 2 aliphatic rings. The fourth-order valence-electron chi connectivity index (χ4n) is 3.88. The molecule has 0 aromatic carbocycles. The largest absolute Gasteiger partial charge is 0.363 e. The van der Waals surface area contributed by atoms with Crippen molar-refractivity contribution in [3.8, 4) is 11.3 Å². The van der Waals surface area contributed by atoms with E-state index < -0.39 is 0 Å². The molecule has 3 aromatic heterocycles. The molecule has 26 heavy (non-hydrogen) atoms. The highest BCUT2D eigenvalue weighted by Crippen LogP contribution is 2.35. The van der Waals surface area contributed by atoms with Crippen LogP contribution in [0.3, 0.4) is 0 Å². The number of likely N-dealkylation sites (tertiary alicyclic amines) is 1. The summed E-state index contributed by atoms with van der Waals surface area (Å²) in [5, 5.41) is 8.30. The van der Waals surface area contributed by atoms with Crippen LogP contribution in [-0.4, -0.2) is 39.0 Å². The summed E-state index contributed by atoms with van der Waals surface area (Å²) in [6.45, 7) is 2.70. The molecule has 0 saturated carbocycles. The number of imidazole rings is 1. The third-order valence-corrected chi connectivity index (χ3v) is 6.73. The molecular weight excluding hydrogens is 366 g/mol. The Bertz CT molecular complexity index is 917. The van der Waals surface area contributed by atoms with Crippen molar-refractivity contribution in [2.45, 2.75) is 31.6 Å². The summed E-state index contributed by atoms with van der Waals surface area (Å²) in [6, 6.07) is 4.15. The van der Waals surface area contributed by atoms with Crippen molar-refractivity contribution in [1.29, 1.82) is 0 Å². The molecule has 1 spiro atoms. The molecule has 134 valence electrons. The number of fused-ring (bicyclic) bond motifs is 1. The monoisotopic (exact) mass is 385 g/mol. The van der Waals surface area contributed by atoms with Gasteiger partial charge in [-0.3, -0.25) is 4.79 Å². The van der Waals surface area contributed by atoms with E-state index in [0.29, 0.717) is 19.6 Å². The molecule has 5 rings (SSSR count). The van der Waals surface area contributed by atoms with E-state index in [-0.39, 0.29) is 11.5 Å². The van der Waals surface area contributed by atoms with Crippen LogP contribution in [0.15, 0.2) is 39.8 Å². The Morgan fingerprint density at radius 1 is 1.23 bits per heavy atom. The molecule has 1 saturated heterocycles. The van der Waals surface area contributed by atoms with Crippen molar-refractivity contribution < 1.29 is 9.53 Å². The lowest BCUT2D eigenvalue weighted by atomic mass is 10.0. The first-order valence-corrected chi connectivity index (χ1v) is 10.6. The number of thiophene rings is 2. The first-order chi connectivity index (χ1) is 12.7. The van der Waals surface area contributed by atoms with Crippen LogP contribution >= 0.6 is 22.7 Å². The van der Waals surface area contributed by atoms with Crippen LogP contribution < -0.4 is 0 Å². The van der Waals surface area contributed by atoms with Crippen LogP contribution in [0.1, 0.15) is 17.8 Å². The summed E-state index contributed by atoms with van der Waals surface area (Å²) < 4.78 is 8.50. The van der Waals surface area contributed by atoms with Gasteiger partial charge in [0.05, 0.1) is 31.4 Å². The number of carbonyl (C=O) groups is 1. The summed E-state index contributed by atoms with van der Waals surface area (Å²) in [6.07, 6.45) is 3.30. The first-order valence-electron chi connectivity index (χ1n) is 8.72. The minimum atomic E-state index is -0.289. The highest BCUT2D eigenvalue weighted by Gasteiger charge is 2.44. The number of hydrogen-bond acceptors (Lipinski definition) is 5. The van der Waals surface area contributed by atoms with Gasteiger partial charge in [0.25, 0.3) is 0 Å². The number of nitrogens with zero attached hydrogens (tertiary/aromatic N) is 3. The van der Waals surface area contributed by atoms with Crippen LogP contribution in [0.5, 0.6) is 0 Å². The third-order valence-electron chi connectivity index (χ3n) is 5.31. The van der Waals surface area contributed by atoms with E-state index in [1.807, 2.05) is 27.9 Å². The van der Waals surface area contributed by atoms with E-state index in [1.54, 1.807) is 22.7 Å². The Hall–Kier alpha value is -1.96. The molecular formula is C19H19N3O2S2. The number of aromatic nitrogens is 2. The van der Waals surface area contributed by atoms with E-state index in [1.165, 1.54) is 5.56 Å². The zero-order valence-corrected chi connectivity index (χ0v) is 15.9. The summed E-state index contributed by atoms with van der Waals surface area (Å²) in [5.74, 6) is 1.17. The lowest BCUT2D eigenvalue weighted by Crippen LogP contribution is -2.45. The van der Waals surface area contributed by atoms with Crippen LogP contribution in [0.4, 0.5) is 0 Å². The van der Waals surface area contributed by atoms with Gasteiger partial charge < -0.3 is 14.2 Å². The van der Waals surface area contributed by atoms with Gasteiger partial charge in [0.2, 0.25) is 5.91 Å². The van der Waals surface area contributed by atoms with Gasteiger partial charge in [-0.2, -0.15) is 22.7 Å². The Morgan fingerprint density at radius 3 is 2.92 bits per heavy atom. The molecule has 5 nitrogen and oxygen atoms in total. The van der Waals surface area contributed by atoms with E-state index in [4.69, 9.17) is 4.74 Å². The summed E-state index contributed by atoms with van der Waals surface area (Å²) in [4.78, 5) is 19.1. The molecule has 2 aliphatic heterocycles. The van der Waals surface area contributed by atoms with Crippen LogP contribution in [0.25, 0.3) is 11.3 Å². The molecule has 7 heteroatoms. The molecule has 5 heterocycles. The van der Waals surface area contributed by atoms with Crippen molar-refractivity contribution in [2.24, 2.45) is 0 Å². The minimum absolute atomic E-state index is 0.193. The van der Waals surface area contributed by atoms with Gasteiger partial charge in [-0.15, -0.1) is 0 Å². The maximum atomic E-state index is 12.6. The highest BCUT2D eigenvalue weighted by molar-refractivity contribution is 7.08. The maximum absolute atomic E-state index is 12.6. The maximum Gasteiger partial charge on any atom is 0.227 e. The van der Waals surface area contributed by atoms with Crippen molar-refractivity contribution in [3.05, 3.63) is 51.2 Å². The van der Waals surface area contributed by atoms with Crippen molar-refractivity contribution in [3.63, 3.8) is 0 Å². The second-order valence-corrected chi connectivity index (χ2v) is 8.56. The Labute approximate surface area is 159 Å². The standard InChI is InChI=1S/C19H19N3O2S2/c23-18(7-14-1-5-25-10-14)21-4-3-19(12-21)13-22-16(15-2-6-26-11-15)8-20-17(22)9-24-19/h1-2,5-6,8,10-11H,3-4,7,9,12-13H2. The number of rotatable bonds is 3. The molecule has 0 bridgehead atoms. The Kier molecular flexibility index (Phi) is 3.95. The van der Waals surface area contributed by atoms with E-state index in [0.717, 1.165) is 36.6 Å². The van der Waals surface area contributed by atoms with Gasteiger partial charge >= 0.3 is 0 Å². The lowest BCUT2D eigenvalue weighted by Gasteiger charge is -2.35. The second-order valence-electron chi connectivity index (χ2n) is 7.00. The van der Waals surface area contributed by atoms with E-state index >= 15 is 0 Å². The quantitative estimate of drug-likeness (QED) is 0.694. The predicted molar refractivity (Wildman–Crippen MR) is 102 cm³/mol. The molecule has 1 unspecified atom stereocenters. The average molecular weight is 386 g/mol. The van der Waals surface area contributed by atoms with Gasteiger partial charge in [-0.1, -0.05) is 0 Å². The van der Waals surface area contributed by atoms with Crippen LogP contribution in [0.2, 0.25) is 0 Å². The molecule has 0 N–H and O–H groups in total. The summed E-state index contributed by atoms with van der Waals surface area (Å²) in [7, 11) is 0. The van der Waals surface area contributed by atoms with Gasteiger partial charge in [-0.25, -0.2) is 4.98 Å². The van der Waals surface area contributed by atoms with E-state index in [9.17, 15) is 4.79 Å². The van der Waals surface area contributed by atoms with Gasteiger partial charge in [-0.05, 0) is 40.3 Å². The predicted octanol–water partition coefficient (Wildman–Crippen LogP) is 3.42.